The van der Waals surface area contributed by atoms with Gasteiger partial charge in [-0.25, -0.2) is 4.39 Å². The van der Waals surface area contributed by atoms with Crippen molar-refractivity contribution in [1.82, 2.24) is 4.90 Å². The standard InChI is InChI=1S/C23H26FNO4/c1-27-21-10-4-7-17-12-18(15-29-22(17)21)23(26)25-11-5-6-16(13-25)14-28-20-9-3-2-8-19(20)24/h2-4,7-10,16,18H,5-6,11-15H2,1H3. The fourth-order valence-electron chi connectivity index (χ4n) is 4.14. The second kappa shape index (κ2) is 8.72. The third-order valence-electron chi connectivity index (χ3n) is 5.67. The molecule has 2 heterocycles. The van der Waals surface area contributed by atoms with Crippen LogP contribution in [0.5, 0.6) is 17.2 Å². The summed E-state index contributed by atoms with van der Waals surface area (Å²) in [5.74, 6) is 1.48. The normalized spacial score (nSPS) is 21.1. The number of fused-ring (bicyclic) bond motifs is 1. The molecular weight excluding hydrogens is 373 g/mol. The predicted molar refractivity (Wildman–Crippen MR) is 107 cm³/mol. The maximum atomic E-state index is 13.8. The molecule has 0 aliphatic carbocycles. The quantitative estimate of drug-likeness (QED) is 0.769. The number of hydrogen-bond acceptors (Lipinski definition) is 4. The maximum Gasteiger partial charge on any atom is 0.229 e. The van der Waals surface area contributed by atoms with Crippen LogP contribution in [0.25, 0.3) is 0 Å². The number of hydrogen-bond donors (Lipinski definition) is 0. The van der Waals surface area contributed by atoms with E-state index in [1.807, 2.05) is 23.1 Å². The predicted octanol–water partition coefficient (Wildman–Crippen LogP) is 3.70. The topological polar surface area (TPSA) is 48.0 Å². The van der Waals surface area contributed by atoms with E-state index in [-0.39, 0.29) is 29.3 Å². The lowest BCUT2D eigenvalue weighted by Crippen LogP contribution is -2.46. The summed E-state index contributed by atoms with van der Waals surface area (Å²) in [6, 6.07) is 12.2. The van der Waals surface area contributed by atoms with Crippen molar-refractivity contribution < 1.29 is 23.4 Å². The van der Waals surface area contributed by atoms with Crippen molar-refractivity contribution in [3.63, 3.8) is 0 Å². The number of nitrogens with zero attached hydrogens (tertiary/aromatic N) is 1. The van der Waals surface area contributed by atoms with Gasteiger partial charge in [0.15, 0.2) is 23.1 Å². The minimum absolute atomic E-state index is 0.120. The van der Waals surface area contributed by atoms with Crippen LogP contribution in [0.2, 0.25) is 0 Å². The van der Waals surface area contributed by atoms with Gasteiger partial charge in [-0.2, -0.15) is 0 Å². The lowest BCUT2D eigenvalue weighted by atomic mass is 9.92. The van der Waals surface area contributed by atoms with Gasteiger partial charge in [0, 0.05) is 19.0 Å². The molecular formula is C23H26FNO4. The van der Waals surface area contributed by atoms with Crippen LogP contribution in [0.15, 0.2) is 42.5 Å². The number of piperidine rings is 1. The highest BCUT2D eigenvalue weighted by atomic mass is 19.1. The van der Waals surface area contributed by atoms with E-state index in [1.54, 1.807) is 25.3 Å². The summed E-state index contributed by atoms with van der Waals surface area (Å²) in [7, 11) is 1.62. The molecule has 1 saturated heterocycles. The summed E-state index contributed by atoms with van der Waals surface area (Å²) in [4.78, 5) is 15.0. The fourth-order valence-corrected chi connectivity index (χ4v) is 4.14. The second-order valence-corrected chi connectivity index (χ2v) is 7.69. The summed E-state index contributed by atoms with van der Waals surface area (Å²) in [6.45, 7) is 2.15. The Balaban J connectivity index is 1.36. The zero-order valence-electron chi connectivity index (χ0n) is 16.6. The highest BCUT2D eigenvalue weighted by Crippen LogP contribution is 2.36. The van der Waals surface area contributed by atoms with Gasteiger partial charge in [0.1, 0.15) is 6.61 Å². The number of benzene rings is 2. The number of likely N-dealkylation sites (tertiary alicyclic amines) is 1. The zero-order valence-corrected chi connectivity index (χ0v) is 16.6. The van der Waals surface area contributed by atoms with Crippen LogP contribution < -0.4 is 14.2 Å². The van der Waals surface area contributed by atoms with Crippen LogP contribution in [0.1, 0.15) is 18.4 Å². The molecule has 6 heteroatoms. The first kappa shape index (κ1) is 19.6. The molecule has 0 aromatic heterocycles. The maximum absolute atomic E-state index is 13.8. The van der Waals surface area contributed by atoms with Crippen molar-refractivity contribution in [3.8, 4) is 17.2 Å². The highest BCUT2D eigenvalue weighted by molar-refractivity contribution is 5.80. The minimum atomic E-state index is -0.357. The molecule has 0 radical (unpaired) electrons. The third kappa shape index (κ3) is 4.31. The zero-order chi connectivity index (χ0) is 20.2. The average Bonchev–Trinajstić information content (AvgIpc) is 2.77. The number of carbonyl (C=O) groups excluding carboxylic acids is 1. The molecule has 2 unspecified atom stereocenters. The molecule has 2 aliphatic heterocycles. The van der Waals surface area contributed by atoms with E-state index in [2.05, 4.69) is 0 Å². The van der Waals surface area contributed by atoms with Gasteiger partial charge in [-0.1, -0.05) is 24.3 Å². The molecule has 2 atom stereocenters. The van der Waals surface area contributed by atoms with Crippen LogP contribution in [0.4, 0.5) is 4.39 Å². The van der Waals surface area contributed by atoms with Crippen LogP contribution >= 0.6 is 0 Å². The molecule has 0 saturated carbocycles. The Bertz CT molecular complexity index is 872. The Morgan fingerprint density at radius 2 is 2.03 bits per heavy atom. The Morgan fingerprint density at radius 3 is 2.86 bits per heavy atom. The molecule has 2 aromatic rings. The molecule has 0 bridgehead atoms. The van der Waals surface area contributed by atoms with Crippen molar-refractivity contribution in [2.24, 2.45) is 11.8 Å². The monoisotopic (exact) mass is 399 g/mol. The van der Waals surface area contributed by atoms with Gasteiger partial charge in [0.2, 0.25) is 5.91 Å². The summed E-state index contributed by atoms with van der Waals surface area (Å²) in [5.41, 5.74) is 1.00. The van der Waals surface area contributed by atoms with Gasteiger partial charge < -0.3 is 19.1 Å². The van der Waals surface area contributed by atoms with E-state index >= 15 is 0 Å². The van der Waals surface area contributed by atoms with Gasteiger partial charge in [-0.15, -0.1) is 0 Å². The van der Waals surface area contributed by atoms with Gasteiger partial charge in [0.25, 0.3) is 0 Å². The van der Waals surface area contributed by atoms with E-state index in [1.165, 1.54) is 6.07 Å². The Hall–Kier alpha value is -2.76. The molecule has 29 heavy (non-hydrogen) atoms. The van der Waals surface area contributed by atoms with E-state index in [4.69, 9.17) is 14.2 Å². The second-order valence-electron chi connectivity index (χ2n) is 7.69. The Kier molecular flexibility index (Phi) is 5.88. The molecule has 1 amide bonds. The highest BCUT2D eigenvalue weighted by Gasteiger charge is 2.33. The lowest BCUT2D eigenvalue weighted by molar-refractivity contribution is -0.139. The molecule has 2 aromatic carbocycles. The van der Waals surface area contributed by atoms with Gasteiger partial charge in [0.05, 0.1) is 19.6 Å². The first-order valence-electron chi connectivity index (χ1n) is 10.1. The number of amides is 1. The van der Waals surface area contributed by atoms with E-state index in [9.17, 15) is 9.18 Å². The molecule has 4 rings (SSSR count). The van der Waals surface area contributed by atoms with Gasteiger partial charge in [-0.05, 0) is 43.0 Å². The van der Waals surface area contributed by atoms with Crippen LogP contribution in [-0.2, 0) is 11.2 Å². The molecule has 0 spiro atoms. The smallest absolute Gasteiger partial charge is 0.229 e. The number of halogens is 1. The van der Waals surface area contributed by atoms with Crippen molar-refractivity contribution >= 4 is 5.91 Å². The number of para-hydroxylation sites is 2. The summed E-state index contributed by atoms with van der Waals surface area (Å²) >= 11 is 0. The average molecular weight is 399 g/mol. The van der Waals surface area contributed by atoms with Crippen molar-refractivity contribution in [2.45, 2.75) is 19.3 Å². The Morgan fingerprint density at radius 1 is 1.21 bits per heavy atom. The third-order valence-corrected chi connectivity index (χ3v) is 5.67. The molecule has 0 N–H and O–H groups in total. The molecule has 154 valence electrons. The summed E-state index contributed by atoms with van der Waals surface area (Å²) < 4.78 is 30.7. The van der Waals surface area contributed by atoms with E-state index < -0.39 is 0 Å². The Labute approximate surface area is 170 Å². The molecule has 1 fully saturated rings. The van der Waals surface area contributed by atoms with Crippen molar-refractivity contribution in [1.29, 1.82) is 0 Å². The van der Waals surface area contributed by atoms with E-state index in [0.717, 1.165) is 30.7 Å². The number of ether oxygens (including phenoxy) is 3. The summed E-state index contributed by atoms with van der Waals surface area (Å²) in [5, 5.41) is 0. The van der Waals surface area contributed by atoms with Gasteiger partial charge >= 0.3 is 0 Å². The number of methoxy groups -OCH3 is 1. The van der Waals surface area contributed by atoms with Crippen molar-refractivity contribution in [3.05, 3.63) is 53.8 Å². The number of carbonyl (C=O) groups is 1. The van der Waals surface area contributed by atoms with Crippen LogP contribution in [0, 0.1) is 17.7 Å². The first-order chi connectivity index (χ1) is 14.2. The van der Waals surface area contributed by atoms with Crippen molar-refractivity contribution in [2.75, 3.05) is 33.4 Å². The number of rotatable bonds is 5. The molecule has 5 nitrogen and oxygen atoms in total. The fraction of sp³-hybridized carbons (Fsp3) is 0.435. The summed E-state index contributed by atoms with van der Waals surface area (Å²) in [6.07, 6.45) is 2.55. The van der Waals surface area contributed by atoms with Gasteiger partial charge in [-0.3, -0.25) is 4.79 Å². The largest absolute Gasteiger partial charge is 0.493 e. The van der Waals surface area contributed by atoms with E-state index in [0.29, 0.717) is 31.9 Å². The SMILES string of the molecule is COc1cccc2c1OCC(C(=O)N1CCCC(COc3ccccc3F)C1)C2. The first-order valence-corrected chi connectivity index (χ1v) is 10.1. The minimum Gasteiger partial charge on any atom is -0.493 e. The van der Waals surface area contributed by atoms with Crippen LogP contribution in [0.3, 0.4) is 0 Å². The lowest BCUT2D eigenvalue weighted by Gasteiger charge is -2.36. The van der Waals surface area contributed by atoms with Crippen LogP contribution in [-0.4, -0.2) is 44.2 Å². The molecule has 2 aliphatic rings.